The Kier molecular flexibility index (Phi) is 4.63. The van der Waals surface area contributed by atoms with Crippen LogP contribution in [0.25, 0.3) is 0 Å². The van der Waals surface area contributed by atoms with Gasteiger partial charge in [-0.15, -0.1) is 0 Å². The topological polar surface area (TPSA) is 61.4 Å². The van der Waals surface area contributed by atoms with Gasteiger partial charge in [-0.1, -0.05) is 24.6 Å². The van der Waals surface area contributed by atoms with E-state index >= 15 is 0 Å². The molecular weight excluding hydrogens is 302 g/mol. The molecule has 5 nitrogen and oxygen atoms in total. The van der Waals surface area contributed by atoms with E-state index in [4.69, 9.17) is 0 Å². The van der Waals surface area contributed by atoms with Crippen molar-refractivity contribution in [2.45, 2.75) is 58.0 Å². The summed E-state index contributed by atoms with van der Waals surface area (Å²) in [6.45, 7) is 7.38. The maximum Gasteiger partial charge on any atom is 0.325 e. The van der Waals surface area contributed by atoms with Crippen LogP contribution in [0.3, 0.4) is 0 Å². The summed E-state index contributed by atoms with van der Waals surface area (Å²) in [5.74, 6) is -0.147. The fourth-order valence-electron chi connectivity index (χ4n) is 3.60. The molecule has 5 heteroatoms. The van der Waals surface area contributed by atoms with Gasteiger partial charge < -0.3 is 10.6 Å². The molecule has 3 rings (SSSR count). The zero-order chi connectivity index (χ0) is 17.3. The Morgan fingerprint density at radius 3 is 2.67 bits per heavy atom. The summed E-state index contributed by atoms with van der Waals surface area (Å²) < 4.78 is 0. The van der Waals surface area contributed by atoms with Gasteiger partial charge in [0, 0.05) is 12.6 Å². The molecule has 2 aliphatic heterocycles. The minimum Gasteiger partial charge on any atom is -0.319 e. The van der Waals surface area contributed by atoms with Gasteiger partial charge in [0.25, 0.3) is 5.91 Å². The number of imide groups is 1. The number of carbonyl (C=O) groups excluding carboxylic acids is 2. The lowest BCUT2D eigenvalue weighted by Crippen LogP contribution is -2.42. The Bertz CT molecular complexity index is 652. The third-order valence-corrected chi connectivity index (χ3v) is 5.47. The quantitative estimate of drug-likeness (QED) is 0.835. The second kappa shape index (κ2) is 6.55. The molecule has 2 atom stereocenters. The summed E-state index contributed by atoms with van der Waals surface area (Å²) >= 11 is 0. The van der Waals surface area contributed by atoms with Crippen molar-refractivity contribution in [1.29, 1.82) is 0 Å². The second-order valence-corrected chi connectivity index (χ2v) is 7.25. The predicted octanol–water partition coefficient (Wildman–Crippen LogP) is 2.60. The summed E-state index contributed by atoms with van der Waals surface area (Å²) in [5, 5.41) is 6.37. The molecule has 2 heterocycles. The van der Waals surface area contributed by atoms with Crippen molar-refractivity contribution in [3.05, 3.63) is 34.9 Å². The van der Waals surface area contributed by atoms with E-state index in [-0.39, 0.29) is 11.9 Å². The van der Waals surface area contributed by atoms with E-state index in [0.717, 1.165) is 30.5 Å². The molecule has 2 saturated heterocycles. The predicted molar refractivity (Wildman–Crippen MR) is 93.8 cm³/mol. The van der Waals surface area contributed by atoms with Gasteiger partial charge in [0.1, 0.15) is 5.54 Å². The molecule has 0 aliphatic carbocycles. The van der Waals surface area contributed by atoms with Crippen LogP contribution >= 0.6 is 0 Å². The first-order valence-corrected chi connectivity index (χ1v) is 8.87. The summed E-state index contributed by atoms with van der Waals surface area (Å²) in [4.78, 5) is 26.7. The highest BCUT2D eigenvalue weighted by Crippen LogP contribution is 2.30. The van der Waals surface area contributed by atoms with E-state index in [1.54, 1.807) is 6.92 Å². The van der Waals surface area contributed by atoms with Gasteiger partial charge in [-0.25, -0.2) is 4.79 Å². The van der Waals surface area contributed by atoms with E-state index in [9.17, 15) is 9.59 Å². The summed E-state index contributed by atoms with van der Waals surface area (Å²) in [7, 11) is 0. The number of aryl methyl sites for hydroxylation is 2. The average Bonchev–Trinajstić information content (AvgIpc) is 2.79. The second-order valence-electron chi connectivity index (χ2n) is 7.25. The minimum absolute atomic E-state index is 0.147. The van der Waals surface area contributed by atoms with Crippen LogP contribution in [0.15, 0.2) is 18.2 Å². The Morgan fingerprint density at radius 1 is 1.21 bits per heavy atom. The van der Waals surface area contributed by atoms with Gasteiger partial charge in [0.05, 0.1) is 0 Å². The first-order chi connectivity index (χ1) is 11.4. The van der Waals surface area contributed by atoms with E-state index in [0.29, 0.717) is 12.6 Å². The molecule has 1 aromatic rings. The molecule has 2 aliphatic rings. The largest absolute Gasteiger partial charge is 0.325 e. The van der Waals surface area contributed by atoms with Gasteiger partial charge in [-0.2, -0.15) is 0 Å². The van der Waals surface area contributed by atoms with E-state index in [2.05, 4.69) is 10.6 Å². The van der Waals surface area contributed by atoms with Crippen LogP contribution in [0.4, 0.5) is 4.79 Å². The SMILES string of the molecule is Cc1ccc(C2(C)NC(=O)N(CCC3CCCCN3)C2=O)cc1C. The van der Waals surface area contributed by atoms with Crippen LogP contribution in [-0.4, -0.2) is 36.0 Å². The molecule has 130 valence electrons. The highest BCUT2D eigenvalue weighted by Gasteiger charge is 2.48. The maximum absolute atomic E-state index is 12.9. The molecule has 0 saturated carbocycles. The number of rotatable bonds is 4. The van der Waals surface area contributed by atoms with Crippen molar-refractivity contribution in [3.8, 4) is 0 Å². The molecule has 3 amide bonds. The van der Waals surface area contributed by atoms with Crippen molar-refractivity contribution >= 4 is 11.9 Å². The molecule has 0 bridgehead atoms. The number of nitrogens with zero attached hydrogens (tertiary/aromatic N) is 1. The number of hydrogen-bond acceptors (Lipinski definition) is 3. The number of nitrogens with one attached hydrogen (secondary N) is 2. The van der Waals surface area contributed by atoms with E-state index < -0.39 is 5.54 Å². The average molecular weight is 329 g/mol. The van der Waals surface area contributed by atoms with Gasteiger partial charge in [-0.3, -0.25) is 9.69 Å². The van der Waals surface area contributed by atoms with Crippen LogP contribution < -0.4 is 10.6 Å². The van der Waals surface area contributed by atoms with Crippen LogP contribution in [0.5, 0.6) is 0 Å². The van der Waals surface area contributed by atoms with Gasteiger partial charge >= 0.3 is 6.03 Å². The standard InChI is InChI=1S/C19H27N3O2/c1-13-7-8-15(12-14(13)2)19(3)17(23)22(18(24)21-19)11-9-16-6-4-5-10-20-16/h7-8,12,16,20H,4-6,9-11H2,1-3H3,(H,21,24). The van der Waals surface area contributed by atoms with Crippen LogP contribution in [0, 0.1) is 13.8 Å². The molecule has 0 aromatic heterocycles. The van der Waals surface area contributed by atoms with E-state index in [1.807, 2.05) is 32.0 Å². The van der Waals surface area contributed by atoms with Crippen molar-refractivity contribution in [1.82, 2.24) is 15.5 Å². The Morgan fingerprint density at radius 2 is 2.00 bits per heavy atom. The van der Waals surface area contributed by atoms with Gasteiger partial charge in [0.2, 0.25) is 0 Å². The van der Waals surface area contributed by atoms with Crippen molar-refractivity contribution in [2.75, 3.05) is 13.1 Å². The van der Waals surface area contributed by atoms with Crippen LogP contribution in [0.2, 0.25) is 0 Å². The fourth-order valence-corrected chi connectivity index (χ4v) is 3.60. The normalized spacial score (nSPS) is 27.5. The lowest BCUT2D eigenvalue weighted by Gasteiger charge is -2.26. The minimum atomic E-state index is -0.963. The Balaban J connectivity index is 1.73. The fraction of sp³-hybridized carbons (Fsp3) is 0.579. The lowest BCUT2D eigenvalue weighted by atomic mass is 9.89. The Hall–Kier alpha value is -1.88. The zero-order valence-corrected chi connectivity index (χ0v) is 14.8. The van der Waals surface area contributed by atoms with E-state index in [1.165, 1.54) is 23.3 Å². The number of amides is 3. The summed E-state index contributed by atoms with van der Waals surface area (Å²) in [6, 6.07) is 6.07. The summed E-state index contributed by atoms with van der Waals surface area (Å²) in [6.07, 6.45) is 4.38. The zero-order valence-electron chi connectivity index (χ0n) is 14.8. The molecule has 2 unspecified atom stereocenters. The van der Waals surface area contributed by atoms with Gasteiger partial charge in [-0.05, 0) is 63.3 Å². The molecule has 0 spiro atoms. The third kappa shape index (κ3) is 3.05. The highest BCUT2D eigenvalue weighted by molar-refractivity contribution is 6.07. The number of urea groups is 1. The monoisotopic (exact) mass is 329 g/mol. The van der Waals surface area contributed by atoms with Crippen LogP contribution in [-0.2, 0) is 10.3 Å². The number of benzene rings is 1. The summed E-state index contributed by atoms with van der Waals surface area (Å²) in [5.41, 5.74) is 2.19. The smallest absolute Gasteiger partial charge is 0.319 e. The molecule has 1 aromatic carbocycles. The first-order valence-electron chi connectivity index (χ1n) is 8.87. The lowest BCUT2D eigenvalue weighted by molar-refractivity contribution is -0.131. The molecule has 24 heavy (non-hydrogen) atoms. The Labute approximate surface area is 143 Å². The highest BCUT2D eigenvalue weighted by atomic mass is 16.2. The number of carbonyl (C=O) groups is 2. The number of hydrogen-bond donors (Lipinski definition) is 2. The van der Waals surface area contributed by atoms with Gasteiger partial charge in [0.15, 0.2) is 0 Å². The van der Waals surface area contributed by atoms with Crippen molar-refractivity contribution < 1.29 is 9.59 Å². The molecule has 2 fully saturated rings. The molecule has 0 radical (unpaired) electrons. The van der Waals surface area contributed by atoms with Crippen molar-refractivity contribution in [2.24, 2.45) is 0 Å². The number of piperidine rings is 1. The third-order valence-electron chi connectivity index (χ3n) is 5.47. The molecule has 2 N–H and O–H groups in total. The van der Waals surface area contributed by atoms with Crippen molar-refractivity contribution in [3.63, 3.8) is 0 Å². The van der Waals surface area contributed by atoms with Crippen LogP contribution in [0.1, 0.15) is 49.3 Å². The molecular formula is C19H27N3O2. The maximum atomic E-state index is 12.9. The first kappa shape index (κ1) is 17.0.